The molecule has 3 nitrogen and oxygen atoms in total. The van der Waals surface area contributed by atoms with Gasteiger partial charge in [0, 0.05) is 41.4 Å². The number of aromatic nitrogens is 1. The topological polar surface area (TPSA) is 29.3 Å². The van der Waals surface area contributed by atoms with E-state index in [0.29, 0.717) is 0 Å². The van der Waals surface area contributed by atoms with Gasteiger partial charge in [-0.2, -0.15) is 0 Å². The molecule has 0 fully saturated rings. The van der Waals surface area contributed by atoms with Crippen LogP contribution in [0.4, 0.5) is 5.69 Å². The Morgan fingerprint density at radius 3 is 2.38 bits per heavy atom. The van der Waals surface area contributed by atoms with E-state index in [9.17, 15) is 0 Å². The van der Waals surface area contributed by atoms with Crippen LogP contribution in [0.2, 0.25) is 0 Å². The van der Waals surface area contributed by atoms with Crippen molar-refractivity contribution in [1.82, 2.24) is 5.16 Å². The Morgan fingerprint density at radius 2 is 1.71 bits per heavy atom. The minimum atomic E-state index is 0.773. The van der Waals surface area contributed by atoms with Gasteiger partial charge in [-0.3, -0.25) is 0 Å². The third-order valence-electron chi connectivity index (χ3n) is 3.30. The second-order valence-electron chi connectivity index (χ2n) is 5.03. The summed E-state index contributed by atoms with van der Waals surface area (Å²) in [4.78, 5) is 2.07. The van der Waals surface area contributed by atoms with Gasteiger partial charge in [-0.15, -0.1) is 0 Å². The third kappa shape index (κ3) is 3.00. The molecule has 4 heteroatoms. The van der Waals surface area contributed by atoms with E-state index in [-0.39, 0.29) is 0 Å². The van der Waals surface area contributed by atoms with Crippen molar-refractivity contribution < 1.29 is 4.52 Å². The van der Waals surface area contributed by atoms with E-state index in [1.54, 1.807) is 0 Å². The average Bonchev–Trinajstić information content (AvgIpc) is 2.97. The molecule has 0 radical (unpaired) electrons. The molecule has 106 valence electrons. The van der Waals surface area contributed by atoms with E-state index in [4.69, 9.17) is 4.52 Å². The summed E-state index contributed by atoms with van der Waals surface area (Å²) in [5.41, 5.74) is 4.05. The van der Waals surface area contributed by atoms with Crippen molar-refractivity contribution in [3.63, 3.8) is 0 Å². The monoisotopic (exact) mass is 342 g/mol. The zero-order valence-corrected chi connectivity index (χ0v) is 13.5. The zero-order valence-electron chi connectivity index (χ0n) is 11.9. The first kappa shape index (κ1) is 13.9. The van der Waals surface area contributed by atoms with Crippen LogP contribution in [0.15, 0.2) is 63.6 Å². The van der Waals surface area contributed by atoms with Crippen LogP contribution in [0.25, 0.3) is 22.6 Å². The Kier molecular flexibility index (Phi) is 3.80. The molecule has 0 saturated heterocycles. The number of anilines is 1. The van der Waals surface area contributed by atoms with Gasteiger partial charge in [0.1, 0.15) is 5.69 Å². The maximum absolute atomic E-state index is 5.47. The van der Waals surface area contributed by atoms with Crippen molar-refractivity contribution >= 4 is 21.6 Å². The van der Waals surface area contributed by atoms with E-state index < -0.39 is 0 Å². The van der Waals surface area contributed by atoms with Gasteiger partial charge in [0.25, 0.3) is 0 Å². The summed E-state index contributed by atoms with van der Waals surface area (Å²) in [5, 5.41) is 4.16. The molecule has 3 aromatic rings. The Hall–Kier alpha value is -2.07. The molecular weight excluding hydrogens is 328 g/mol. The molecule has 1 heterocycles. The first-order valence-corrected chi connectivity index (χ1v) is 7.43. The van der Waals surface area contributed by atoms with E-state index in [0.717, 1.165) is 32.7 Å². The van der Waals surface area contributed by atoms with Crippen molar-refractivity contribution in [2.45, 2.75) is 0 Å². The van der Waals surface area contributed by atoms with Gasteiger partial charge in [-0.25, -0.2) is 0 Å². The maximum Gasteiger partial charge on any atom is 0.167 e. The van der Waals surface area contributed by atoms with Gasteiger partial charge in [0.15, 0.2) is 5.76 Å². The zero-order chi connectivity index (χ0) is 14.8. The average molecular weight is 343 g/mol. The first-order valence-electron chi connectivity index (χ1n) is 6.64. The highest BCUT2D eigenvalue weighted by Gasteiger charge is 2.09. The molecule has 0 N–H and O–H groups in total. The van der Waals surface area contributed by atoms with E-state index >= 15 is 0 Å². The molecule has 1 aromatic heterocycles. The van der Waals surface area contributed by atoms with Gasteiger partial charge < -0.3 is 9.42 Å². The van der Waals surface area contributed by atoms with Crippen molar-refractivity contribution in [2.75, 3.05) is 19.0 Å². The number of halogens is 1. The summed E-state index contributed by atoms with van der Waals surface area (Å²) in [6.45, 7) is 0. The lowest BCUT2D eigenvalue weighted by atomic mass is 10.1. The molecule has 0 aliphatic heterocycles. The van der Waals surface area contributed by atoms with Crippen LogP contribution in [-0.4, -0.2) is 19.3 Å². The molecule has 0 bridgehead atoms. The molecule has 0 spiro atoms. The van der Waals surface area contributed by atoms with E-state index in [1.165, 1.54) is 0 Å². The van der Waals surface area contributed by atoms with Gasteiger partial charge in [0.2, 0.25) is 0 Å². The summed E-state index contributed by atoms with van der Waals surface area (Å²) in [7, 11) is 4.05. The summed E-state index contributed by atoms with van der Waals surface area (Å²) in [6.07, 6.45) is 0. The van der Waals surface area contributed by atoms with Crippen molar-refractivity contribution in [3.8, 4) is 22.6 Å². The molecule has 0 aliphatic rings. The highest BCUT2D eigenvalue weighted by Crippen LogP contribution is 2.28. The molecule has 0 saturated carbocycles. The van der Waals surface area contributed by atoms with Gasteiger partial charge in [-0.05, 0) is 36.4 Å². The molecule has 3 rings (SSSR count). The predicted molar refractivity (Wildman–Crippen MR) is 89.4 cm³/mol. The molecule has 2 aromatic carbocycles. The lowest BCUT2D eigenvalue weighted by molar-refractivity contribution is 0.435. The molecule has 0 atom stereocenters. The standard InChI is InChI=1S/C17H15BrN2O/c1-20(2)15-8-6-12(7-9-15)17-11-16(19-21-17)13-4-3-5-14(18)10-13/h3-11H,1-2H3. The van der Waals surface area contributed by atoms with Gasteiger partial charge in [-0.1, -0.05) is 33.2 Å². The fourth-order valence-corrected chi connectivity index (χ4v) is 2.52. The van der Waals surface area contributed by atoms with E-state index in [2.05, 4.69) is 38.1 Å². The highest BCUT2D eigenvalue weighted by molar-refractivity contribution is 9.10. The summed E-state index contributed by atoms with van der Waals surface area (Å²) >= 11 is 3.47. The second kappa shape index (κ2) is 5.74. The van der Waals surface area contributed by atoms with Crippen molar-refractivity contribution in [2.24, 2.45) is 0 Å². The maximum atomic E-state index is 5.47. The number of benzene rings is 2. The Morgan fingerprint density at radius 1 is 0.952 bits per heavy atom. The second-order valence-corrected chi connectivity index (χ2v) is 5.94. The summed E-state index contributed by atoms with van der Waals surface area (Å²) in [6, 6.07) is 18.2. The fraction of sp³-hybridized carbons (Fsp3) is 0.118. The fourth-order valence-electron chi connectivity index (χ4n) is 2.12. The lowest BCUT2D eigenvalue weighted by Gasteiger charge is -2.11. The molecule has 0 amide bonds. The summed E-state index contributed by atoms with van der Waals surface area (Å²) in [5.74, 6) is 0.773. The van der Waals surface area contributed by atoms with Crippen LogP contribution in [0.1, 0.15) is 0 Å². The summed E-state index contributed by atoms with van der Waals surface area (Å²) < 4.78 is 6.49. The predicted octanol–water partition coefficient (Wildman–Crippen LogP) is 4.84. The SMILES string of the molecule is CN(C)c1ccc(-c2cc(-c3cccc(Br)c3)no2)cc1. The van der Waals surface area contributed by atoms with Crippen LogP contribution in [-0.2, 0) is 0 Å². The normalized spacial score (nSPS) is 10.6. The number of hydrogen-bond acceptors (Lipinski definition) is 3. The van der Waals surface area contributed by atoms with Crippen LogP contribution in [0, 0.1) is 0 Å². The third-order valence-corrected chi connectivity index (χ3v) is 3.79. The molecular formula is C17H15BrN2O. The van der Waals surface area contributed by atoms with Crippen LogP contribution in [0.3, 0.4) is 0 Å². The van der Waals surface area contributed by atoms with Crippen LogP contribution in [0.5, 0.6) is 0 Å². The van der Waals surface area contributed by atoms with Crippen molar-refractivity contribution in [1.29, 1.82) is 0 Å². The number of hydrogen-bond donors (Lipinski definition) is 0. The highest BCUT2D eigenvalue weighted by atomic mass is 79.9. The van der Waals surface area contributed by atoms with Gasteiger partial charge >= 0.3 is 0 Å². The van der Waals surface area contributed by atoms with Crippen molar-refractivity contribution in [3.05, 3.63) is 59.1 Å². The Balaban J connectivity index is 1.91. The molecule has 0 unspecified atom stereocenters. The minimum Gasteiger partial charge on any atom is -0.378 e. The van der Waals surface area contributed by atoms with Crippen LogP contribution < -0.4 is 4.90 Å². The molecule has 21 heavy (non-hydrogen) atoms. The van der Waals surface area contributed by atoms with Crippen LogP contribution >= 0.6 is 15.9 Å². The first-order chi connectivity index (χ1) is 10.1. The number of nitrogens with zero attached hydrogens (tertiary/aromatic N) is 2. The number of rotatable bonds is 3. The van der Waals surface area contributed by atoms with E-state index in [1.807, 2.05) is 56.6 Å². The van der Waals surface area contributed by atoms with Gasteiger partial charge in [0.05, 0.1) is 0 Å². The molecule has 0 aliphatic carbocycles. The largest absolute Gasteiger partial charge is 0.378 e. The smallest absolute Gasteiger partial charge is 0.167 e. The Bertz CT molecular complexity index is 747. The quantitative estimate of drug-likeness (QED) is 0.682. The Labute approximate surface area is 132 Å². The minimum absolute atomic E-state index is 0.773. The lowest BCUT2D eigenvalue weighted by Crippen LogP contribution is -2.07.